The van der Waals surface area contributed by atoms with Crippen molar-refractivity contribution in [3.8, 4) is 11.1 Å². The van der Waals surface area contributed by atoms with Crippen LogP contribution < -0.4 is 0 Å². The molecule has 0 saturated heterocycles. The van der Waals surface area contributed by atoms with Crippen LogP contribution in [0.3, 0.4) is 0 Å². The molecule has 0 fully saturated rings. The van der Waals surface area contributed by atoms with Crippen molar-refractivity contribution in [1.29, 1.82) is 0 Å². The monoisotopic (exact) mass is 583 g/mol. The standard InChI is InChI=1S/C37H49.Zr/c1-13-37(15-14-24-18-25(19-32(24)37)34(4,5)6)33-28-16-22(2)30(35(7,8)9)20-26(28)27-21-31(36(10,11)12)23(3)17-29(27)33;/h14,16-17,19-21,33H,13,15,18H2,1-12H3;. The van der Waals surface area contributed by atoms with Gasteiger partial charge in [0.1, 0.15) is 0 Å². The molecule has 0 aromatic heterocycles. The SMILES string of the molecule is CCC1(C2c3cc(C)c(C(C)(C)C)cc3-c3cc(C(C)(C)C)c(C)cc32)C[CH]([Zr])C2=C1C=C(C(C)(C)C)C2. The van der Waals surface area contributed by atoms with Crippen molar-refractivity contribution in [3.05, 3.63) is 80.4 Å². The van der Waals surface area contributed by atoms with Crippen LogP contribution in [0.4, 0.5) is 0 Å². The molecule has 0 aliphatic heterocycles. The number of hydrogen-bond donors (Lipinski definition) is 0. The number of fused-ring (bicyclic) bond motifs is 3. The Bertz CT molecular complexity index is 1310. The van der Waals surface area contributed by atoms with Crippen molar-refractivity contribution in [2.45, 2.75) is 123 Å². The zero-order chi connectivity index (χ0) is 28.2. The van der Waals surface area contributed by atoms with Crippen molar-refractivity contribution in [2.24, 2.45) is 10.8 Å². The Labute approximate surface area is 248 Å². The number of allylic oxidation sites excluding steroid dienone is 4. The molecule has 1 heteroatoms. The van der Waals surface area contributed by atoms with Crippen molar-refractivity contribution in [2.75, 3.05) is 0 Å². The van der Waals surface area contributed by atoms with E-state index >= 15 is 0 Å². The molecular weight excluding hydrogens is 536 g/mol. The number of rotatable bonds is 2. The average molecular weight is 585 g/mol. The Balaban J connectivity index is 1.82. The summed E-state index contributed by atoms with van der Waals surface area (Å²) in [5.74, 6) is 0.434. The molecule has 0 saturated carbocycles. The van der Waals surface area contributed by atoms with E-state index in [0.29, 0.717) is 5.92 Å². The van der Waals surface area contributed by atoms with Crippen LogP contribution in [0.1, 0.15) is 128 Å². The van der Waals surface area contributed by atoms with Gasteiger partial charge in [-0.1, -0.05) is 0 Å². The van der Waals surface area contributed by atoms with E-state index in [0.717, 1.165) is 3.63 Å². The number of hydrogen-bond acceptors (Lipinski definition) is 0. The van der Waals surface area contributed by atoms with Crippen molar-refractivity contribution < 1.29 is 24.7 Å². The second-order valence-electron chi connectivity index (χ2n) is 15.7. The van der Waals surface area contributed by atoms with Crippen molar-refractivity contribution >= 4 is 0 Å². The first kappa shape index (κ1) is 28.3. The topological polar surface area (TPSA) is 0 Å². The fourth-order valence-corrected chi connectivity index (χ4v) is 9.60. The summed E-state index contributed by atoms with van der Waals surface area (Å²) < 4.78 is 0.741. The molecule has 0 radical (unpaired) electrons. The van der Waals surface area contributed by atoms with Crippen LogP contribution in [0.2, 0.25) is 3.63 Å². The Morgan fingerprint density at radius 1 is 0.763 bits per heavy atom. The zero-order valence-corrected chi connectivity index (χ0v) is 28.6. The molecule has 2 aromatic rings. The molecule has 2 atom stereocenters. The van der Waals surface area contributed by atoms with E-state index in [2.05, 4.69) is 113 Å². The Morgan fingerprint density at radius 3 is 1.63 bits per heavy atom. The molecule has 0 amide bonds. The molecule has 2 unspecified atom stereocenters. The predicted molar refractivity (Wildman–Crippen MR) is 161 cm³/mol. The van der Waals surface area contributed by atoms with Gasteiger partial charge in [0.2, 0.25) is 0 Å². The van der Waals surface area contributed by atoms with E-state index in [4.69, 9.17) is 0 Å². The van der Waals surface area contributed by atoms with E-state index in [1.54, 1.807) is 52.6 Å². The summed E-state index contributed by atoms with van der Waals surface area (Å²) in [7, 11) is 0. The zero-order valence-electron chi connectivity index (χ0n) is 26.2. The van der Waals surface area contributed by atoms with Crippen LogP contribution in [0, 0.1) is 24.7 Å². The predicted octanol–water partition coefficient (Wildman–Crippen LogP) is 10.8. The van der Waals surface area contributed by atoms with E-state index in [1.807, 2.05) is 0 Å². The molecule has 0 heterocycles. The Morgan fingerprint density at radius 2 is 1.24 bits per heavy atom. The second-order valence-corrected chi connectivity index (χ2v) is 17.5. The van der Waals surface area contributed by atoms with Gasteiger partial charge >= 0.3 is 250 Å². The van der Waals surface area contributed by atoms with E-state index in [1.165, 1.54) is 52.6 Å². The molecule has 2 aromatic carbocycles. The first-order valence-corrected chi connectivity index (χ1v) is 16.3. The van der Waals surface area contributed by atoms with Gasteiger partial charge in [0.15, 0.2) is 0 Å². The van der Waals surface area contributed by atoms with E-state index in [9.17, 15) is 0 Å². The number of aryl methyl sites for hydroxylation is 2. The van der Waals surface area contributed by atoms with Gasteiger partial charge in [0, 0.05) is 0 Å². The summed E-state index contributed by atoms with van der Waals surface area (Å²) in [6, 6.07) is 10.4. The van der Waals surface area contributed by atoms with Gasteiger partial charge in [-0.15, -0.1) is 0 Å². The summed E-state index contributed by atoms with van der Waals surface area (Å²) >= 11 is 1.69. The van der Waals surface area contributed by atoms with Crippen LogP contribution in [0.25, 0.3) is 11.1 Å². The van der Waals surface area contributed by atoms with Crippen LogP contribution in [0.15, 0.2) is 47.1 Å². The summed E-state index contributed by atoms with van der Waals surface area (Å²) in [6.07, 6.45) is 6.39. The van der Waals surface area contributed by atoms with Gasteiger partial charge in [-0.25, -0.2) is 0 Å². The third kappa shape index (κ3) is 4.24. The third-order valence-electron chi connectivity index (χ3n) is 10.0. The maximum atomic E-state index is 2.67. The first-order chi connectivity index (χ1) is 17.4. The first-order valence-electron chi connectivity index (χ1n) is 14.9. The molecule has 0 spiro atoms. The molecule has 0 bridgehead atoms. The molecule has 38 heavy (non-hydrogen) atoms. The van der Waals surface area contributed by atoms with Gasteiger partial charge in [0.25, 0.3) is 0 Å². The minimum atomic E-state index is 0.133. The summed E-state index contributed by atoms with van der Waals surface area (Å²) in [5, 5.41) is 0. The summed E-state index contributed by atoms with van der Waals surface area (Å²) in [5.41, 5.74) is 17.9. The molecule has 3 aliphatic rings. The molecule has 0 nitrogen and oxygen atoms in total. The van der Waals surface area contributed by atoms with Crippen LogP contribution in [0.5, 0.6) is 0 Å². The molecular formula is C37H49Zr. The van der Waals surface area contributed by atoms with Gasteiger partial charge in [-0.05, 0) is 0 Å². The fourth-order valence-electron chi connectivity index (χ4n) is 8.07. The maximum absolute atomic E-state index is 2.67. The number of benzene rings is 2. The summed E-state index contributed by atoms with van der Waals surface area (Å²) in [6.45, 7) is 28.6. The molecule has 0 N–H and O–H groups in total. The van der Waals surface area contributed by atoms with E-state index in [-0.39, 0.29) is 21.7 Å². The Kier molecular flexibility index (Phi) is 6.64. The van der Waals surface area contributed by atoms with Crippen LogP contribution in [-0.4, -0.2) is 0 Å². The second kappa shape index (κ2) is 8.90. The molecule has 201 valence electrons. The van der Waals surface area contributed by atoms with E-state index < -0.39 is 0 Å². The molecule has 5 rings (SSSR count). The van der Waals surface area contributed by atoms with Crippen LogP contribution in [-0.2, 0) is 35.5 Å². The van der Waals surface area contributed by atoms with Gasteiger partial charge < -0.3 is 0 Å². The van der Waals surface area contributed by atoms with Crippen LogP contribution >= 0.6 is 0 Å². The minimum absolute atomic E-state index is 0.133. The third-order valence-corrected chi connectivity index (χ3v) is 11.4. The molecule has 3 aliphatic carbocycles. The van der Waals surface area contributed by atoms with Crippen molar-refractivity contribution in [3.63, 3.8) is 0 Å². The normalized spacial score (nSPS) is 23.6. The van der Waals surface area contributed by atoms with Gasteiger partial charge in [0.05, 0.1) is 0 Å². The fraction of sp³-hybridized carbons (Fsp3) is 0.568. The van der Waals surface area contributed by atoms with Crippen molar-refractivity contribution in [1.82, 2.24) is 0 Å². The quantitative estimate of drug-likeness (QED) is 0.329. The Hall–Kier alpha value is -1.20. The summed E-state index contributed by atoms with van der Waals surface area (Å²) in [4.78, 5) is 0. The average Bonchev–Trinajstić information content (AvgIpc) is 3.42. The van der Waals surface area contributed by atoms with Gasteiger partial charge in [-0.3, -0.25) is 0 Å². The van der Waals surface area contributed by atoms with Gasteiger partial charge in [-0.2, -0.15) is 0 Å².